The van der Waals surface area contributed by atoms with E-state index < -0.39 is 0 Å². The van der Waals surface area contributed by atoms with Crippen LogP contribution in [0, 0.1) is 11.3 Å². The van der Waals surface area contributed by atoms with Gasteiger partial charge in [-0.1, -0.05) is 0 Å². The van der Waals surface area contributed by atoms with Gasteiger partial charge in [0.05, 0.1) is 24.9 Å². The lowest BCUT2D eigenvalue weighted by molar-refractivity contribution is 0.102. The van der Waals surface area contributed by atoms with Crippen LogP contribution in [0.5, 0.6) is 17.2 Å². The van der Waals surface area contributed by atoms with E-state index in [0.29, 0.717) is 28.5 Å². The summed E-state index contributed by atoms with van der Waals surface area (Å²) in [6.45, 7) is 0. The molecular formula is C19H14N4O3. The van der Waals surface area contributed by atoms with Gasteiger partial charge in [0.15, 0.2) is 11.5 Å². The quantitative estimate of drug-likeness (QED) is 0.760. The summed E-state index contributed by atoms with van der Waals surface area (Å²) in [6.07, 6.45) is 4.35. The summed E-state index contributed by atoms with van der Waals surface area (Å²) in [5.74, 6) is 1.16. The van der Waals surface area contributed by atoms with Gasteiger partial charge in [-0.15, -0.1) is 0 Å². The molecule has 0 unspecified atom stereocenters. The Hall–Kier alpha value is -3.92. The number of carbonyl (C=O) groups is 1. The van der Waals surface area contributed by atoms with Crippen LogP contribution in [0.1, 0.15) is 16.1 Å². The van der Waals surface area contributed by atoms with Crippen LogP contribution in [0.4, 0.5) is 5.69 Å². The molecule has 128 valence electrons. The van der Waals surface area contributed by atoms with E-state index in [2.05, 4.69) is 15.3 Å². The number of rotatable bonds is 5. The predicted octanol–water partition coefficient (Wildman–Crippen LogP) is 3.40. The first-order valence-electron chi connectivity index (χ1n) is 7.63. The number of benzene rings is 2. The molecule has 0 spiro atoms. The molecule has 0 saturated carbocycles. The van der Waals surface area contributed by atoms with Crippen molar-refractivity contribution in [3.63, 3.8) is 0 Å². The molecule has 0 fully saturated rings. The minimum Gasteiger partial charge on any atom is -0.493 e. The lowest BCUT2D eigenvalue weighted by Gasteiger charge is -2.11. The zero-order valence-electron chi connectivity index (χ0n) is 13.8. The highest BCUT2D eigenvalue weighted by molar-refractivity contribution is 6.02. The van der Waals surface area contributed by atoms with E-state index in [-0.39, 0.29) is 11.6 Å². The van der Waals surface area contributed by atoms with Gasteiger partial charge in [0.25, 0.3) is 5.91 Å². The number of hydrogen-bond acceptors (Lipinski definition) is 6. The Morgan fingerprint density at radius 3 is 2.58 bits per heavy atom. The molecule has 0 saturated heterocycles. The van der Waals surface area contributed by atoms with E-state index in [1.807, 2.05) is 6.07 Å². The minimum atomic E-state index is -0.347. The summed E-state index contributed by atoms with van der Waals surface area (Å²) >= 11 is 0. The van der Waals surface area contributed by atoms with Gasteiger partial charge in [-0.25, -0.2) is 4.98 Å². The Kier molecular flexibility index (Phi) is 5.05. The second-order valence-corrected chi connectivity index (χ2v) is 5.15. The van der Waals surface area contributed by atoms with E-state index in [0.717, 1.165) is 0 Å². The SMILES string of the molecule is COc1cc(C#N)ccc1Oc1ccc(NC(=O)c2cnccn2)cc1. The van der Waals surface area contributed by atoms with Gasteiger partial charge in [-0.3, -0.25) is 9.78 Å². The normalized spacial score (nSPS) is 9.85. The average Bonchev–Trinajstić information content (AvgIpc) is 2.70. The van der Waals surface area contributed by atoms with Gasteiger partial charge in [0.1, 0.15) is 11.4 Å². The molecule has 1 aromatic heterocycles. The third-order valence-corrected chi connectivity index (χ3v) is 3.43. The molecule has 2 aromatic carbocycles. The van der Waals surface area contributed by atoms with Crippen LogP contribution in [0.3, 0.4) is 0 Å². The van der Waals surface area contributed by atoms with Gasteiger partial charge in [0.2, 0.25) is 0 Å². The summed E-state index contributed by atoms with van der Waals surface area (Å²) in [5.41, 5.74) is 1.31. The molecule has 0 atom stereocenters. The first-order chi connectivity index (χ1) is 12.7. The van der Waals surface area contributed by atoms with Crippen molar-refractivity contribution in [2.45, 2.75) is 0 Å². The second kappa shape index (κ2) is 7.77. The van der Waals surface area contributed by atoms with Crippen LogP contribution in [-0.4, -0.2) is 23.0 Å². The number of hydrogen-bond donors (Lipinski definition) is 1. The number of nitriles is 1. The smallest absolute Gasteiger partial charge is 0.275 e. The topological polar surface area (TPSA) is 97.1 Å². The van der Waals surface area contributed by atoms with Crippen molar-refractivity contribution >= 4 is 11.6 Å². The van der Waals surface area contributed by atoms with Crippen molar-refractivity contribution < 1.29 is 14.3 Å². The monoisotopic (exact) mass is 346 g/mol. The maximum absolute atomic E-state index is 12.0. The van der Waals surface area contributed by atoms with E-state index in [4.69, 9.17) is 14.7 Å². The minimum absolute atomic E-state index is 0.232. The highest BCUT2D eigenvalue weighted by Gasteiger charge is 2.09. The number of ether oxygens (including phenoxy) is 2. The molecule has 0 aliphatic heterocycles. The number of amides is 1. The third kappa shape index (κ3) is 3.94. The number of nitrogens with zero attached hydrogens (tertiary/aromatic N) is 3. The molecule has 7 nitrogen and oxygen atoms in total. The zero-order chi connectivity index (χ0) is 18.4. The highest BCUT2D eigenvalue weighted by Crippen LogP contribution is 2.32. The summed E-state index contributed by atoms with van der Waals surface area (Å²) in [7, 11) is 1.51. The molecule has 0 bridgehead atoms. The summed E-state index contributed by atoms with van der Waals surface area (Å²) in [4.78, 5) is 19.9. The van der Waals surface area contributed by atoms with Crippen LogP contribution >= 0.6 is 0 Å². The van der Waals surface area contributed by atoms with Crippen molar-refractivity contribution in [3.8, 4) is 23.3 Å². The first kappa shape index (κ1) is 16.9. The predicted molar refractivity (Wildman–Crippen MR) is 94.2 cm³/mol. The average molecular weight is 346 g/mol. The van der Waals surface area contributed by atoms with Crippen molar-refractivity contribution in [1.82, 2.24) is 9.97 Å². The standard InChI is InChI=1S/C19H14N4O3/c1-25-18-10-13(11-20)2-7-17(18)26-15-5-3-14(4-6-15)23-19(24)16-12-21-8-9-22-16/h2-10,12H,1H3,(H,23,24). The first-order valence-corrected chi connectivity index (χ1v) is 7.63. The largest absolute Gasteiger partial charge is 0.493 e. The van der Waals surface area contributed by atoms with Crippen molar-refractivity contribution in [2.75, 3.05) is 12.4 Å². The molecule has 0 aliphatic carbocycles. The number of aromatic nitrogens is 2. The molecule has 26 heavy (non-hydrogen) atoms. The summed E-state index contributed by atoms with van der Waals surface area (Å²) in [6, 6.07) is 13.8. The van der Waals surface area contributed by atoms with Gasteiger partial charge in [-0.05, 0) is 36.4 Å². The van der Waals surface area contributed by atoms with E-state index in [1.54, 1.807) is 42.5 Å². The Labute approximate surface area is 149 Å². The Bertz CT molecular complexity index is 951. The summed E-state index contributed by atoms with van der Waals surface area (Å²) < 4.78 is 11.0. The van der Waals surface area contributed by atoms with Crippen molar-refractivity contribution in [1.29, 1.82) is 5.26 Å². The number of nitrogens with one attached hydrogen (secondary N) is 1. The van der Waals surface area contributed by atoms with Gasteiger partial charge >= 0.3 is 0 Å². The third-order valence-electron chi connectivity index (χ3n) is 3.43. The van der Waals surface area contributed by atoms with Crippen LogP contribution in [0.25, 0.3) is 0 Å². The Morgan fingerprint density at radius 2 is 1.92 bits per heavy atom. The maximum atomic E-state index is 12.0. The van der Waals surface area contributed by atoms with E-state index in [1.165, 1.54) is 25.7 Å². The molecule has 0 radical (unpaired) electrons. The highest BCUT2D eigenvalue weighted by atomic mass is 16.5. The van der Waals surface area contributed by atoms with Crippen molar-refractivity contribution in [3.05, 3.63) is 72.3 Å². The lowest BCUT2D eigenvalue weighted by Crippen LogP contribution is -2.13. The van der Waals surface area contributed by atoms with Crippen LogP contribution in [0.2, 0.25) is 0 Å². The molecule has 1 amide bonds. The van der Waals surface area contributed by atoms with E-state index >= 15 is 0 Å². The molecular weight excluding hydrogens is 332 g/mol. The van der Waals surface area contributed by atoms with Crippen LogP contribution in [0.15, 0.2) is 61.1 Å². The molecule has 7 heteroatoms. The van der Waals surface area contributed by atoms with Crippen LogP contribution in [-0.2, 0) is 0 Å². The van der Waals surface area contributed by atoms with Gasteiger partial charge < -0.3 is 14.8 Å². The summed E-state index contributed by atoms with van der Waals surface area (Å²) in [5, 5.41) is 11.7. The van der Waals surface area contributed by atoms with E-state index in [9.17, 15) is 4.79 Å². The number of methoxy groups -OCH3 is 1. The Balaban J connectivity index is 1.70. The van der Waals surface area contributed by atoms with Gasteiger partial charge in [0, 0.05) is 24.1 Å². The maximum Gasteiger partial charge on any atom is 0.275 e. The molecule has 0 aliphatic rings. The fourth-order valence-electron chi connectivity index (χ4n) is 2.17. The Morgan fingerprint density at radius 1 is 1.12 bits per heavy atom. The lowest BCUT2D eigenvalue weighted by atomic mass is 10.2. The fraction of sp³-hybridized carbons (Fsp3) is 0.0526. The molecule has 1 heterocycles. The zero-order valence-corrected chi connectivity index (χ0v) is 13.8. The molecule has 3 rings (SSSR count). The number of carbonyl (C=O) groups excluding carboxylic acids is 1. The second-order valence-electron chi connectivity index (χ2n) is 5.15. The van der Waals surface area contributed by atoms with Crippen molar-refractivity contribution in [2.24, 2.45) is 0 Å². The van der Waals surface area contributed by atoms with Crippen LogP contribution < -0.4 is 14.8 Å². The van der Waals surface area contributed by atoms with Gasteiger partial charge in [-0.2, -0.15) is 5.26 Å². The molecule has 1 N–H and O–H groups in total. The molecule has 3 aromatic rings. The fourth-order valence-corrected chi connectivity index (χ4v) is 2.17. The number of anilines is 1.